The van der Waals surface area contributed by atoms with Crippen molar-refractivity contribution in [3.8, 4) is 0 Å². The highest BCUT2D eigenvalue weighted by molar-refractivity contribution is 7.86. The minimum absolute atomic E-state index is 0.180. The Balaban J connectivity index is 1.86. The largest absolute Gasteiger partial charge is 0.301 e. The average Bonchev–Trinajstić information content (AvgIpc) is 2.49. The summed E-state index contributed by atoms with van der Waals surface area (Å²) in [5.41, 5.74) is 1.80. The third-order valence-electron chi connectivity index (χ3n) is 2.90. The van der Waals surface area contributed by atoms with Crippen molar-refractivity contribution in [2.24, 2.45) is 0 Å². The Morgan fingerprint density at radius 2 is 1.48 bits per heavy atom. The summed E-state index contributed by atoms with van der Waals surface area (Å²) in [7, 11) is -2.17. The van der Waals surface area contributed by atoms with Gasteiger partial charge in [-0.1, -0.05) is 65.5 Å². The van der Waals surface area contributed by atoms with Gasteiger partial charge in [-0.25, -0.2) is 0 Å². The van der Waals surface area contributed by atoms with E-state index in [1.165, 1.54) is 11.4 Å². The highest BCUT2D eigenvalue weighted by Gasteiger charge is 2.17. The van der Waals surface area contributed by atoms with Gasteiger partial charge in [0.05, 0.1) is 6.61 Å². The number of benzene rings is 2. The van der Waals surface area contributed by atoms with E-state index < -0.39 is 10.2 Å². The minimum atomic E-state index is -3.67. The van der Waals surface area contributed by atoms with Crippen LogP contribution in [0, 0.1) is 0 Å². The molecule has 0 saturated heterocycles. The van der Waals surface area contributed by atoms with Crippen molar-refractivity contribution in [2.45, 2.75) is 13.2 Å². The minimum Gasteiger partial charge on any atom is -0.281 e. The Morgan fingerprint density at radius 1 is 0.952 bits per heavy atom. The molecule has 2 rings (SSSR count). The van der Waals surface area contributed by atoms with Crippen molar-refractivity contribution in [2.75, 3.05) is 7.05 Å². The second-order valence-corrected chi connectivity index (χ2v) is 6.34. The highest BCUT2D eigenvalue weighted by atomic mass is 32.2. The molecular weight excluding hydrogens is 288 g/mol. The van der Waals surface area contributed by atoms with Crippen LogP contribution in [0.1, 0.15) is 11.1 Å². The lowest BCUT2D eigenvalue weighted by atomic mass is 10.2. The number of nitrogens with zero attached hydrogens (tertiary/aromatic N) is 1. The molecule has 2 aromatic rings. The fraction of sp³-hybridized carbons (Fsp3) is 0.200. The van der Waals surface area contributed by atoms with Crippen LogP contribution in [-0.2, 0) is 28.2 Å². The van der Waals surface area contributed by atoms with Gasteiger partial charge < -0.3 is 0 Å². The van der Waals surface area contributed by atoms with E-state index in [0.717, 1.165) is 11.1 Å². The molecule has 0 heterocycles. The highest BCUT2D eigenvalue weighted by Crippen LogP contribution is 2.06. The van der Waals surface area contributed by atoms with Gasteiger partial charge in [0.25, 0.3) is 0 Å². The summed E-state index contributed by atoms with van der Waals surface area (Å²) in [5, 5.41) is 0. The quantitative estimate of drug-likeness (QED) is 0.797. The molecule has 0 aliphatic rings. The normalized spacial score (nSPS) is 11.7. The molecule has 0 radical (unpaired) electrons. The Hall–Kier alpha value is -1.73. The van der Waals surface area contributed by atoms with Gasteiger partial charge in [0.2, 0.25) is 0 Å². The fourth-order valence-electron chi connectivity index (χ4n) is 1.75. The zero-order valence-electron chi connectivity index (χ0n) is 11.8. The average molecular weight is 306 g/mol. The van der Waals surface area contributed by atoms with Gasteiger partial charge in [0.1, 0.15) is 0 Å². The third kappa shape index (κ3) is 4.95. The van der Waals surface area contributed by atoms with Crippen LogP contribution in [0.15, 0.2) is 60.7 Å². The van der Waals surface area contributed by atoms with Gasteiger partial charge >= 0.3 is 10.2 Å². The molecule has 0 fully saturated rings. The molecule has 1 N–H and O–H groups in total. The Bertz CT molecular complexity index is 645. The summed E-state index contributed by atoms with van der Waals surface area (Å²) in [6.07, 6.45) is 0. The number of rotatable bonds is 7. The topological polar surface area (TPSA) is 58.6 Å². The zero-order valence-corrected chi connectivity index (χ0v) is 12.6. The van der Waals surface area contributed by atoms with Gasteiger partial charge in [-0.2, -0.15) is 12.7 Å². The first-order valence-corrected chi connectivity index (χ1v) is 7.94. The van der Waals surface area contributed by atoms with Crippen LogP contribution in [0.4, 0.5) is 0 Å². The SMILES string of the molecule is CN(Cc1ccccc1)S(=O)(=O)NOCc1ccccc1. The second-order valence-electron chi connectivity index (χ2n) is 4.60. The van der Waals surface area contributed by atoms with E-state index in [2.05, 4.69) is 4.89 Å². The van der Waals surface area contributed by atoms with Crippen molar-refractivity contribution in [3.63, 3.8) is 0 Å². The lowest BCUT2D eigenvalue weighted by Crippen LogP contribution is -2.37. The first-order chi connectivity index (χ1) is 10.1. The van der Waals surface area contributed by atoms with Crippen LogP contribution < -0.4 is 4.89 Å². The number of nitrogens with one attached hydrogen (secondary N) is 1. The van der Waals surface area contributed by atoms with E-state index in [1.807, 2.05) is 60.7 Å². The van der Waals surface area contributed by atoms with Crippen molar-refractivity contribution in [3.05, 3.63) is 71.8 Å². The van der Waals surface area contributed by atoms with E-state index in [1.54, 1.807) is 0 Å². The van der Waals surface area contributed by atoms with Crippen LogP contribution in [0.5, 0.6) is 0 Å². The molecule has 0 atom stereocenters. The lowest BCUT2D eigenvalue weighted by Gasteiger charge is -2.17. The molecule has 0 bridgehead atoms. The summed E-state index contributed by atoms with van der Waals surface area (Å²) in [6, 6.07) is 18.7. The maximum Gasteiger partial charge on any atom is 0.301 e. The van der Waals surface area contributed by atoms with Gasteiger partial charge in [-0.3, -0.25) is 4.84 Å². The predicted molar refractivity (Wildman–Crippen MR) is 81.2 cm³/mol. The Labute approximate surface area is 125 Å². The Kier molecular flexibility index (Phi) is 5.46. The van der Waals surface area contributed by atoms with Gasteiger partial charge in [0.15, 0.2) is 0 Å². The second kappa shape index (κ2) is 7.33. The maximum atomic E-state index is 12.0. The standard InChI is InChI=1S/C15H18N2O3S/c1-17(12-14-8-4-2-5-9-14)21(18,19)16-20-13-15-10-6-3-7-11-15/h2-11,16H,12-13H2,1H3. The zero-order chi connectivity index (χ0) is 15.1. The third-order valence-corrected chi connectivity index (χ3v) is 4.18. The Morgan fingerprint density at radius 3 is 2.05 bits per heavy atom. The molecule has 5 nitrogen and oxygen atoms in total. The van der Waals surface area contributed by atoms with Crippen LogP contribution in [0.2, 0.25) is 0 Å². The number of hydrogen-bond acceptors (Lipinski definition) is 3. The molecule has 21 heavy (non-hydrogen) atoms. The van der Waals surface area contributed by atoms with E-state index in [9.17, 15) is 8.42 Å². The van der Waals surface area contributed by atoms with E-state index in [4.69, 9.17) is 4.84 Å². The van der Waals surface area contributed by atoms with Crippen LogP contribution in [0.3, 0.4) is 0 Å². The first kappa shape index (κ1) is 15.7. The molecule has 112 valence electrons. The van der Waals surface area contributed by atoms with E-state index in [-0.39, 0.29) is 13.2 Å². The lowest BCUT2D eigenvalue weighted by molar-refractivity contribution is 0.0752. The predicted octanol–water partition coefficient (Wildman–Crippen LogP) is 2.08. The molecule has 6 heteroatoms. The monoisotopic (exact) mass is 306 g/mol. The maximum absolute atomic E-state index is 12.0. The summed E-state index contributed by atoms with van der Waals surface area (Å²) in [4.78, 5) is 7.19. The molecule has 2 aromatic carbocycles. The molecule has 0 spiro atoms. The fourth-order valence-corrected chi connectivity index (χ4v) is 2.40. The van der Waals surface area contributed by atoms with Crippen LogP contribution in [0.25, 0.3) is 0 Å². The van der Waals surface area contributed by atoms with Crippen LogP contribution >= 0.6 is 0 Å². The molecule has 0 unspecified atom stereocenters. The molecule has 0 saturated carbocycles. The molecule has 0 aliphatic carbocycles. The van der Waals surface area contributed by atoms with Crippen LogP contribution in [-0.4, -0.2) is 19.8 Å². The van der Waals surface area contributed by atoms with E-state index in [0.29, 0.717) is 0 Å². The van der Waals surface area contributed by atoms with Crippen molar-refractivity contribution < 1.29 is 13.3 Å². The van der Waals surface area contributed by atoms with Gasteiger partial charge in [-0.15, -0.1) is 0 Å². The molecule has 0 aromatic heterocycles. The number of hydrogen-bond donors (Lipinski definition) is 1. The summed E-state index contributed by atoms with van der Waals surface area (Å²) >= 11 is 0. The molecule has 0 aliphatic heterocycles. The molecular formula is C15H18N2O3S. The van der Waals surface area contributed by atoms with Gasteiger partial charge in [-0.05, 0) is 11.1 Å². The van der Waals surface area contributed by atoms with Crippen molar-refractivity contribution >= 4 is 10.2 Å². The smallest absolute Gasteiger partial charge is 0.281 e. The van der Waals surface area contributed by atoms with Crippen molar-refractivity contribution in [1.29, 1.82) is 0 Å². The van der Waals surface area contributed by atoms with Gasteiger partial charge in [0, 0.05) is 13.6 Å². The summed E-state index contributed by atoms with van der Waals surface area (Å²) in [6.45, 7) is 0.462. The summed E-state index contributed by atoms with van der Waals surface area (Å²) < 4.78 is 25.2. The summed E-state index contributed by atoms with van der Waals surface area (Å²) in [5.74, 6) is 0. The first-order valence-electron chi connectivity index (χ1n) is 6.50. The van der Waals surface area contributed by atoms with Crippen molar-refractivity contribution in [1.82, 2.24) is 9.19 Å². The van der Waals surface area contributed by atoms with E-state index >= 15 is 0 Å². The molecule has 0 amide bonds.